The Hall–Kier alpha value is -3.79. The zero-order valence-corrected chi connectivity index (χ0v) is 19.9. The van der Waals surface area contributed by atoms with Crippen molar-refractivity contribution in [2.75, 3.05) is 13.2 Å². The van der Waals surface area contributed by atoms with E-state index in [1.807, 2.05) is 56.0 Å². The van der Waals surface area contributed by atoms with Gasteiger partial charge in [0.25, 0.3) is 0 Å². The lowest BCUT2D eigenvalue weighted by molar-refractivity contribution is -0.152. The summed E-state index contributed by atoms with van der Waals surface area (Å²) in [4.78, 5) is 27.2. The molecule has 3 unspecified atom stereocenters. The summed E-state index contributed by atoms with van der Waals surface area (Å²) in [6, 6.07) is 17.9. The first-order valence-corrected chi connectivity index (χ1v) is 11.2. The lowest BCUT2D eigenvalue weighted by Gasteiger charge is -2.55. The number of hydrogen-bond donors (Lipinski definition) is 2. The fourth-order valence-corrected chi connectivity index (χ4v) is 5.10. The Bertz CT molecular complexity index is 1140. The SMILES string of the molecule is CC1=C(C(=O)O)C(c2cccc(C#N)c2)C(C(=O)O)C(C)(C(C)C)N1CCOc1ccccc1. The van der Waals surface area contributed by atoms with Crippen molar-refractivity contribution in [2.24, 2.45) is 11.8 Å². The van der Waals surface area contributed by atoms with Crippen LogP contribution in [0.4, 0.5) is 0 Å². The number of para-hydroxylation sites is 1. The third kappa shape index (κ3) is 4.49. The molecule has 1 aliphatic rings. The van der Waals surface area contributed by atoms with Crippen LogP contribution in [-0.4, -0.2) is 45.7 Å². The largest absolute Gasteiger partial charge is 0.492 e. The maximum atomic E-state index is 12.8. The van der Waals surface area contributed by atoms with E-state index in [1.165, 1.54) is 0 Å². The molecule has 1 aliphatic heterocycles. The molecule has 3 atom stereocenters. The Morgan fingerprint density at radius 3 is 2.38 bits per heavy atom. The Kier molecular flexibility index (Phi) is 7.31. The van der Waals surface area contributed by atoms with E-state index in [2.05, 4.69) is 6.07 Å². The molecule has 0 spiro atoms. The van der Waals surface area contributed by atoms with Gasteiger partial charge in [-0.2, -0.15) is 5.26 Å². The van der Waals surface area contributed by atoms with Crippen molar-refractivity contribution >= 4 is 11.9 Å². The topological polar surface area (TPSA) is 111 Å². The minimum absolute atomic E-state index is 0.0281. The van der Waals surface area contributed by atoms with Crippen LogP contribution >= 0.6 is 0 Å². The van der Waals surface area contributed by atoms with Gasteiger partial charge >= 0.3 is 11.9 Å². The maximum absolute atomic E-state index is 12.8. The molecule has 0 radical (unpaired) electrons. The molecule has 0 fully saturated rings. The molecular formula is C27H30N2O5. The first-order chi connectivity index (χ1) is 16.1. The highest BCUT2D eigenvalue weighted by molar-refractivity contribution is 5.92. The van der Waals surface area contributed by atoms with Crippen molar-refractivity contribution in [1.29, 1.82) is 5.26 Å². The Labute approximate surface area is 199 Å². The van der Waals surface area contributed by atoms with Gasteiger partial charge in [0.15, 0.2) is 0 Å². The standard InChI is InChI=1S/C27H30N2O5/c1-17(2)27(4)24(26(32)33)23(20-10-8-9-19(15-20)16-28)22(25(30)31)18(3)29(27)13-14-34-21-11-6-5-7-12-21/h5-12,15,17,23-24H,13-14H2,1-4H3,(H,30,31)(H,32,33). The summed E-state index contributed by atoms with van der Waals surface area (Å²) in [6.07, 6.45) is 0. The third-order valence-corrected chi connectivity index (χ3v) is 7.02. The van der Waals surface area contributed by atoms with Gasteiger partial charge in [-0.3, -0.25) is 4.79 Å². The number of hydrogen-bond acceptors (Lipinski definition) is 5. The van der Waals surface area contributed by atoms with Crippen LogP contribution in [0.5, 0.6) is 5.75 Å². The average Bonchev–Trinajstić information content (AvgIpc) is 2.80. The smallest absolute Gasteiger partial charge is 0.333 e. The van der Waals surface area contributed by atoms with E-state index in [0.29, 0.717) is 29.1 Å². The van der Waals surface area contributed by atoms with E-state index in [4.69, 9.17) is 4.74 Å². The number of carboxylic acid groups (broad SMARTS) is 2. The van der Waals surface area contributed by atoms with Crippen molar-refractivity contribution < 1.29 is 24.5 Å². The molecule has 0 amide bonds. The maximum Gasteiger partial charge on any atom is 0.333 e. The van der Waals surface area contributed by atoms with Gasteiger partial charge < -0.3 is 19.8 Å². The van der Waals surface area contributed by atoms with Gasteiger partial charge in [0.2, 0.25) is 0 Å². The molecule has 178 valence electrons. The highest BCUT2D eigenvalue weighted by atomic mass is 16.5. The van der Waals surface area contributed by atoms with Crippen LogP contribution in [0.2, 0.25) is 0 Å². The van der Waals surface area contributed by atoms with E-state index in [1.54, 1.807) is 31.2 Å². The van der Waals surface area contributed by atoms with Gasteiger partial charge in [0.05, 0.1) is 35.2 Å². The molecule has 2 aromatic rings. The number of nitriles is 1. The molecule has 7 heteroatoms. The summed E-state index contributed by atoms with van der Waals surface area (Å²) >= 11 is 0. The Morgan fingerprint density at radius 1 is 1.15 bits per heavy atom. The highest BCUT2D eigenvalue weighted by Gasteiger charge is 2.56. The van der Waals surface area contributed by atoms with E-state index in [9.17, 15) is 25.1 Å². The lowest BCUT2D eigenvalue weighted by atomic mass is 9.62. The minimum Gasteiger partial charge on any atom is -0.492 e. The monoisotopic (exact) mass is 462 g/mol. The van der Waals surface area contributed by atoms with Crippen LogP contribution in [0, 0.1) is 23.2 Å². The molecule has 0 bridgehead atoms. The molecule has 2 aromatic carbocycles. The van der Waals surface area contributed by atoms with Gasteiger partial charge in [-0.15, -0.1) is 0 Å². The molecule has 0 aliphatic carbocycles. The Balaban J connectivity index is 2.15. The number of rotatable bonds is 8. The van der Waals surface area contributed by atoms with Crippen LogP contribution in [0.15, 0.2) is 65.9 Å². The van der Waals surface area contributed by atoms with Crippen molar-refractivity contribution in [3.05, 3.63) is 77.0 Å². The zero-order valence-electron chi connectivity index (χ0n) is 19.9. The molecule has 7 nitrogen and oxygen atoms in total. The molecule has 3 rings (SSSR count). The number of ether oxygens (including phenoxy) is 1. The second kappa shape index (κ2) is 10.0. The van der Waals surface area contributed by atoms with Crippen molar-refractivity contribution in [2.45, 2.75) is 39.2 Å². The number of nitrogens with zero attached hydrogens (tertiary/aromatic N) is 2. The molecule has 2 N–H and O–H groups in total. The summed E-state index contributed by atoms with van der Waals surface area (Å²) in [7, 11) is 0. The van der Waals surface area contributed by atoms with Gasteiger partial charge in [0.1, 0.15) is 12.4 Å². The second-order valence-electron chi connectivity index (χ2n) is 9.03. The van der Waals surface area contributed by atoms with Crippen molar-refractivity contribution in [3.8, 4) is 11.8 Å². The van der Waals surface area contributed by atoms with Crippen LogP contribution in [0.3, 0.4) is 0 Å². The molecular weight excluding hydrogens is 432 g/mol. The highest BCUT2D eigenvalue weighted by Crippen LogP contribution is 2.51. The van der Waals surface area contributed by atoms with Crippen LogP contribution in [0.1, 0.15) is 44.7 Å². The van der Waals surface area contributed by atoms with Gasteiger partial charge in [-0.25, -0.2) is 4.79 Å². The van der Waals surface area contributed by atoms with Gasteiger partial charge in [-0.05, 0) is 49.6 Å². The summed E-state index contributed by atoms with van der Waals surface area (Å²) < 4.78 is 5.87. The fraction of sp³-hybridized carbons (Fsp3) is 0.370. The first kappa shape index (κ1) is 24.8. The predicted octanol–water partition coefficient (Wildman–Crippen LogP) is 4.51. The number of allylic oxidation sites excluding steroid dienone is 1. The summed E-state index contributed by atoms with van der Waals surface area (Å²) in [5.74, 6) is -3.67. The summed E-state index contributed by atoms with van der Waals surface area (Å²) in [6.45, 7) is 8.08. The third-order valence-electron chi connectivity index (χ3n) is 7.02. The van der Waals surface area contributed by atoms with Crippen LogP contribution < -0.4 is 4.74 Å². The van der Waals surface area contributed by atoms with E-state index < -0.39 is 29.3 Å². The van der Waals surface area contributed by atoms with Crippen molar-refractivity contribution in [3.63, 3.8) is 0 Å². The molecule has 0 saturated heterocycles. The number of aliphatic carboxylic acids is 2. The normalized spacial score (nSPS) is 22.4. The van der Waals surface area contributed by atoms with E-state index >= 15 is 0 Å². The van der Waals surface area contributed by atoms with Crippen LogP contribution in [0.25, 0.3) is 0 Å². The lowest BCUT2D eigenvalue weighted by Crippen LogP contribution is -2.62. The molecule has 1 heterocycles. The quantitative estimate of drug-likeness (QED) is 0.594. The van der Waals surface area contributed by atoms with Crippen molar-refractivity contribution in [1.82, 2.24) is 4.90 Å². The summed E-state index contributed by atoms with van der Waals surface area (Å²) in [5, 5.41) is 30.0. The number of carbonyl (C=O) groups is 2. The number of carboxylic acids is 2. The van der Waals surface area contributed by atoms with Gasteiger partial charge in [0, 0.05) is 11.6 Å². The first-order valence-electron chi connectivity index (χ1n) is 11.2. The molecule has 0 aromatic heterocycles. The zero-order chi connectivity index (χ0) is 25.0. The van der Waals surface area contributed by atoms with Gasteiger partial charge in [-0.1, -0.05) is 44.2 Å². The van der Waals surface area contributed by atoms with E-state index in [-0.39, 0.29) is 18.1 Å². The average molecular weight is 463 g/mol. The van der Waals surface area contributed by atoms with Crippen LogP contribution in [-0.2, 0) is 9.59 Å². The molecule has 34 heavy (non-hydrogen) atoms. The minimum atomic E-state index is -1.17. The molecule has 0 saturated carbocycles. The van der Waals surface area contributed by atoms with E-state index in [0.717, 1.165) is 0 Å². The summed E-state index contributed by atoms with van der Waals surface area (Å²) in [5.41, 5.74) is 0.483. The second-order valence-corrected chi connectivity index (χ2v) is 9.03. The number of benzene rings is 2. The predicted molar refractivity (Wildman–Crippen MR) is 127 cm³/mol. The Morgan fingerprint density at radius 2 is 1.82 bits per heavy atom. The fourth-order valence-electron chi connectivity index (χ4n) is 5.10.